The fourth-order valence-corrected chi connectivity index (χ4v) is 2.17. The van der Waals surface area contributed by atoms with Gasteiger partial charge in [0.25, 0.3) is 0 Å². The number of hydrogen-bond acceptors (Lipinski definition) is 0. The Morgan fingerprint density at radius 2 is 1.71 bits per heavy atom. The van der Waals surface area contributed by atoms with Crippen LogP contribution >= 0.6 is 0 Å². The monoisotopic (exact) mass is 236 g/mol. The molecule has 0 heterocycles. The Balaban J connectivity index is 0. The van der Waals surface area contributed by atoms with Crippen LogP contribution in [0.4, 0.5) is 0 Å². The summed E-state index contributed by atoms with van der Waals surface area (Å²) in [6.07, 6.45) is 11.6. The van der Waals surface area contributed by atoms with Gasteiger partial charge in [0, 0.05) is 0 Å². The van der Waals surface area contributed by atoms with Gasteiger partial charge in [-0.2, -0.15) is 0 Å². The zero-order valence-electron chi connectivity index (χ0n) is 12.8. The summed E-state index contributed by atoms with van der Waals surface area (Å²) in [4.78, 5) is 0. The first-order valence-electron chi connectivity index (χ1n) is 7.27. The van der Waals surface area contributed by atoms with Crippen LogP contribution in [-0.4, -0.2) is 0 Å². The summed E-state index contributed by atoms with van der Waals surface area (Å²) >= 11 is 0. The maximum Gasteiger partial charge on any atom is -0.0191 e. The molecule has 0 aromatic heterocycles. The van der Waals surface area contributed by atoms with E-state index in [1.54, 1.807) is 0 Å². The molecule has 0 heteroatoms. The van der Waals surface area contributed by atoms with Crippen molar-refractivity contribution in [1.82, 2.24) is 0 Å². The highest BCUT2D eigenvalue weighted by Crippen LogP contribution is 2.31. The number of hydrogen-bond donors (Lipinski definition) is 0. The van der Waals surface area contributed by atoms with E-state index in [-0.39, 0.29) is 0 Å². The summed E-state index contributed by atoms with van der Waals surface area (Å²) in [5, 5.41) is 0. The molecule has 0 radical (unpaired) electrons. The first-order chi connectivity index (χ1) is 8.29. The van der Waals surface area contributed by atoms with Crippen LogP contribution in [0.15, 0.2) is 36.0 Å². The lowest BCUT2D eigenvalue weighted by atomic mass is 9.92. The van der Waals surface area contributed by atoms with E-state index in [9.17, 15) is 0 Å². The first kappa shape index (κ1) is 18.6. The Morgan fingerprint density at radius 1 is 1.12 bits per heavy atom. The zero-order chi connectivity index (χ0) is 13.7. The molecule has 1 aliphatic rings. The van der Waals surface area contributed by atoms with Crippen molar-refractivity contribution in [1.29, 1.82) is 0 Å². The van der Waals surface area contributed by atoms with Crippen LogP contribution in [0.1, 0.15) is 67.2 Å². The zero-order valence-corrected chi connectivity index (χ0v) is 12.8. The maximum atomic E-state index is 3.78. The summed E-state index contributed by atoms with van der Waals surface area (Å²) in [6, 6.07) is 0. The van der Waals surface area contributed by atoms with E-state index in [1.807, 2.05) is 33.8 Å². The largest absolute Gasteiger partial charge is 0.0991 e. The van der Waals surface area contributed by atoms with Crippen LogP contribution in [0.2, 0.25) is 0 Å². The fraction of sp³-hybridized carbons (Fsp3) is 0.647. The normalized spacial score (nSPS) is 24.0. The van der Waals surface area contributed by atoms with E-state index < -0.39 is 0 Å². The van der Waals surface area contributed by atoms with Crippen LogP contribution in [0.25, 0.3) is 0 Å². The molecule has 0 bridgehead atoms. The average Bonchev–Trinajstić information content (AvgIpc) is 2.56. The molecule has 17 heavy (non-hydrogen) atoms. The van der Waals surface area contributed by atoms with Gasteiger partial charge in [0.05, 0.1) is 0 Å². The van der Waals surface area contributed by atoms with Crippen molar-refractivity contribution < 1.29 is 0 Å². The molecule has 1 saturated carbocycles. The van der Waals surface area contributed by atoms with Crippen molar-refractivity contribution in [2.24, 2.45) is 5.92 Å². The SMILES string of the molecule is C=C/C=C1/CCCCC(C)/C1=C/C.CC.CC. The molecule has 1 unspecified atom stereocenters. The van der Waals surface area contributed by atoms with E-state index >= 15 is 0 Å². The topological polar surface area (TPSA) is 0 Å². The minimum absolute atomic E-state index is 0.735. The molecule has 1 fully saturated rings. The molecule has 0 N–H and O–H groups in total. The van der Waals surface area contributed by atoms with E-state index in [4.69, 9.17) is 0 Å². The minimum Gasteiger partial charge on any atom is -0.0991 e. The second kappa shape index (κ2) is 13.3. The Hall–Kier alpha value is -0.780. The van der Waals surface area contributed by atoms with Gasteiger partial charge >= 0.3 is 0 Å². The Morgan fingerprint density at radius 3 is 2.18 bits per heavy atom. The van der Waals surface area contributed by atoms with Crippen LogP contribution in [0, 0.1) is 5.92 Å². The molecule has 1 atom stereocenters. The molecule has 0 nitrogen and oxygen atoms in total. The van der Waals surface area contributed by atoms with Gasteiger partial charge in [0.15, 0.2) is 0 Å². The molecule has 0 saturated heterocycles. The molecular formula is C17H32. The molecule has 0 aromatic carbocycles. The highest BCUT2D eigenvalue weighted by Gasteiger charge is 2.15. The average molecular weight is 236 g/mol. The van der Waals surface area contributed by atoms with E-state index in [0.717, 1.165) is 5.92 Å². The van der Waals surface area contributed by atoms with Gasteiger partial charge in [-0.25, -0.2) is 0 Å². The second-order valence-electron chi connectivity index (χ2n) is 3.82. The van der Waals surface area contributed by atoms with Gasteiger partial charge in [0.1, 0.15) is 0 Å². The Bertz CT molecular complexity index is 230. The third-order valence-electron chi connectivity index (χ3n) is 2.86. The summed E-state index contributed by atoms with van der Waals surface area (Å²) in [5.41, 5.74) is 3.04. The van der Waals surface area contributed by atoms with Gasteiger partial charge in [-0.05, 0) is 43.3 Å². The van der Waals surface area contributed by atoms with Gasteiger partial charge in [-0.3, -0.25) is 0 Å². The summed E-state index contributed by atoms with van der Waals surface area (Å²) in [7, 11) is 0. The fourth-order valence-electron chi connectivity index (χ4n) is 2.17. The predicted octanol–water partition coefficient (Wildman–Crippen LogP) is 6.31. The lowest BCUT2D eigenvalue weighted by molar-refractivity contribution is 0.597. The maximum absolute atomic E-state index is 3.78. The standard InChI is InChI=1S/C13H20.2C2H6/c1-4-8-12-10-7-6-9-11(3)13(12)5-2;2*1-2/h4-5,8,11H,1,6-7,9-10H2,2-3H3;2*1-2H3/b12-8-,13-5-;;. The van der Waals surface area contributed by atoms with Crippen molar-refractivity contribution in [3.63, 3.8) is 0 Å². The lowest BCUT2D eigenvalue weighted by Gasteiger charge is -2.13. The van der Waals surface area contributed by atoms with Crippen molar-refractivity contribution in [3.8, 4) is 0 Å². The lowest BCUT2D eigenvalue weighted by Crippen LogP contribution is -1.98. The van der Waals surface area contributed by atoms with E-state index in [0.29, 0.717) is 0 Å². The summed E-state index contributed by atoms with van der Waals surface area (Å²) < 4.78 is 0. The van der Waals surface area contributed by atoms with Crippen molar-refractivity contribution in [3.05, 3.63) is 36.0 Å². The van der Waals surface area contributed by atoms with E-state index in [2.05, 4.69) is 32.6 Å². The van der Waals surface area contributed by atoms with Crippen LogP contribution in [-0.2, 0) is 0 Å². The third kappa shape index (κ3) is 7.20. The highest BCUT2D eigenvalue weighted by atomic mass is 14.2. The molecular weight excluding hydrogens is 204 g/mol. The molecule has 100 valence electrons. The van der Waals surface area contributed by atoms with Gasteiger partial charge in [-0.15, -0.1) is 0 Å². The van der Waals surface area contributed by atoms with Crippen molar-refractivity contribution in [2.75, 3.05) is 0 Å². The molecule has 0 amide bonds. The van der Waals surface area contributed by atoms with Crippen LogP contribution in [0.3, 0.4) is 0 Å². The molecule has 0 spiro atoms. The summed E-state index contributed by atoms with van der Waals surface area (Å²) in [6.45, 7) is 16.3. The third-order valence-corrected chi connectivity index (χ3v) is 2.86. The van der Waals surface area contributed by atoms with Gasteiger partial charge in [0.2, 0.25) is 0 Å². The van der Waals surface area contributed by atoms with Crippen molar-refractivity contribution >= 4 is 0 Å². The van der Waals surface area contributed by atoms with Gasteiger partial charge < -0.3 is 0 Å². The number of allylic oxidation sites excluding steroid dienone is 5. The minimum atomic E-state index is 0.735. The van der Waals surface area contributed by atoms with Crippen LogP contribution < -0.4 is 0 Å². The Labute approximate surface area is 110 Å². The van der Waals surface area contributed by atoms with Crippen LogP contribution in [0.5, 0.6) is 0 Å². The molecule has 1 aliphatic carbocycles. The number of rotatable bonds is 1. The Kier molecular flexibility index (Phi) is 14.5. The van der Waals surface area contributed by atoms with E-state index in [1.165, 1.54) is 36.8 Å². The van der Waals surface area contributed by atoms with Crippen molar-refractivity contribution in [2.45, 2.75) is 67.2 Å². The second-order valence-corrected chi connectivity index (χ2v) is 3.82. The van der Waals surface area contributed by atoms with Gasteiger partial charge in [-0.1, -0.05) is 65.8 Å². The highest BCUT2D eigenvalue weighted by molar-refractivity contribution is 5.35. The molecule has 1 rings (SSSR count). The molecule has 0 aromatic rings. The quantitative estimate of drug-likeness (QED) is 0.468. The molecule has 0 aliphatic heterocycles. The first-order valence-corrected chi connectivity index (χ1v) is 7.27. The smallest absolute Gasteiger partial charge is 0.0191 e. The summed E-state index contributed by atoms with van der Waals surface area (Å²) in [5.74, 6) is 0.735. The predicted molar refractivity (Wildman–Crippen MR) is 82.4 cm³/mol.